The van der Waals surface area contributed by atoms with Crippen molar-refractivity contribution < 1.29 is 4.79 Å². The Morgan fingerprint density at radius 1 is 1.22 bits per heavy atom. The van der Waals surface area contributed by atoms with Crippen molar-refractivity contribution in [2.24, 2.45) is 12.0 Å². The first-order chi connectivity index (χ1) is 12.6. The quantitative estimate of drug-likeness (QED) is 0.337. The topological polar surface area (TPSA) is 87.4 Å². The van der Waals surface area contributed by atoms with Gasteiger partial charge in [-0.3, -0.25) is 9.48 Å². The van der Waals surface area contributed by atoms with Crippen molar-refractivity contribution in [1.29, 1.82) is 0 Å². The molecule has 0 aliphatic rings. The van der Waals surface area contributed by atoms with Gasteiger partial charge in [-0.2, -0.15) is 5.10 Å². The van der Waals surface area contributed by atoms with E-state index in [2.05, 4.69) is 25.7 Å². The second-order valence-corrected chi connectivity index (χ2v) is 5.74. The van der Waals surface area contributed by atoms with Gasteiger partial charge in [-0.25, -0.2) is 9.98 Å². The van der Waals surface area contributed by atoms with E-state index in [0.29, 0.717) is 32.1 Å². The summed E-state index contributed by atoms with van der Waals surface area (Å²) >= 11 is 0. The van der Waals surface area contributed by atoms with E-state index in [4.69, 9.17) is 0 Å². The smallest absolute Gasteiger partial charge is 0.242 e. The minimum Gasteiger partial charge on any atom is -0.357 e. The number of hydrogen-bond donors (Lipinski definition) is 2. The Hall–Kier alpha value is -2.17. The zero-order valence-corrected chi connectivity index (χ0v) is 18.4. The molecule has 2 N–H and O–H groups in total. The second kappa shape index (κ2) is 12.3. The van der Waals surface area contributed by atoms with E-state index in [1.165, 1.54) is 6.33 Å². The molecule has 0 saturated heterocycles. The zero-order chi connectivity index (χ0) is 18.8. The van der Waals surface area contributed by atoms with Crippen LogP contribution in [0.25, 0.3) is 0 Å². The van der Waals surface area contributed by atoms with Gasteiger partial charge in [-0.1, -0.05) is 30.3 Å². The fourth-order valence-corrected chi connectivity index (χ4v) is 2.41. The molecular formula is C18H28IN7O. The number of rotatable bonds is 8. The number of likely N-dealkylation sites (N-methyl/N-ethyl adjacent to an activating group) is 1. The van der Waals surface area contributed by atoms with Gasteiger partial charge in [-0.15, -0.1) is 24.0 Å². The first kappa shape index (κ1) is 22.9. The lowest BCUT2D eigenvalue weighted by atomic mass is 10.2. The summed E-state index contributed by atoms with van der Waals surface area (Å²) in [6.45, 7) is 6.50. The highest BCUT2D eigenvalue weighted by Gasteiger charge is 2.12. The number of aryl methyl sites for hydroxylation is 1. The number of hydrogen-bond acceptors (Lipinski definition) is 4. The number of nitrogens with zero attached hydrogens (tertiary/aromatic N) is 5. The van der Waals surface area contributed by atoms with Crippen molar-refractivity contribution in [3.63, 3.8) is 0 Å². The first-order valence-electron chi connectivity index (χ1n) is 8.80. The number of nitrogens with one attached hydrogen (secondary N) is 2. The summed E-state index contributed by atoms with van der Waals surface area (Å²) in [5, 5.41) is 10.3. The zero-order valence-electron chi connectivity index (χ0n) is 16.1. The maximum absolute atomic E-state index is 12.5. The van der Waals surface area contributed by atoms with Gasteiger partial charge in [-0.05, 0) is 19.4 Å². The Bertz CT molecular complexity index is 718. The third-order valence-corrected chi connectivity index (χ3v) is 3.89. The van der Waals surface area contributed by atoms with Crippen molar-refractivity contribution in [2.45, 2.75) is 26.9 Å². The molecule has 0 spiro atoms. The number of guanidine groups is 1. The molecule has 2 rings (SSSR count). The number of carbonyl (C=O) groups excluding carboxylic acids is 1. The highest BCUT2D eigenvalue weighted by molar-refractivity contribution is 14.0. The van der Waals surface area contributed by atoms with Crippen molar-refractivity contribution in [1.82, 2.24) is 30.3 Å². The van der Waals surface area contributed by atoms with Crippen LogP contribution < -0.4 is 10.6 Å². The molecule has 0 aliphatic carbocycles. The van der Waals surface area contributed by atoms with E-state index in [0.717, 1.165) is 11.4 Å². The van der Waals surface area contributed by atoms with Crippen LogP contribution in [-0.4, -0.2) is 51.2 Å². The van der Waals surface area contributed by atoms with E-state index in [-0.39, 0.29) is 36.4 Å². The lowest BCUT2D eigenvalue weighted by molar-refractivity contribution is -0.130. The van der Waals surface area contributed by atoms with Crippen LogP contribution in [0.5, 0.6) is 0 Å². The Morgan fingerprint density at radius 3 is 2.56 bits per heavy atom. The van der Waals surface area contributed by atoms with Crippen LogP contribution >= 0.6 is 24.0 Å². The molecule has 1 aromatic carbocycles. The van der Waals surface area contributed by atoms with E-state index >= 15 is 0 Å². The van der Waals surface area contributed by atoms with Crippen molar-refractivity contribution in [2.75, 3.05) is 19.6 Å². The maximum atomic E-state index is 12.5. The van der Waals surface area contributed by atoms with E-state index in [9.17, 15) is 4.79 Å². The van der Waals surface area contributed by atoms with Crippen LogP contribution in [0, 0.1) is 0 Å². The van der Waals surface area contributed by atoms with Gasteiger partial charge in [0.15, 0.2) is 5.96 Å². The molecule has 0 unspecified atom stereocenters. The minimum atomic E-state index is 0. The second-order valence-electron chi connectivity index (χ2n) is 5.74. The molecule has 27 heavy (non-hydrogen) atoms. The number of amides is 1. The highest BCUT2D eigenvalue weighted by atomic mass is 127. The molecule has 0 fully saturated rings. The third-order valence-electron chi connectivity index (χ3n) is 3.89. The van der Waals surface area contributed by atoms with Crippen LogP contribution in [0.2, 0.25) is 0 Å². The molecule has 1 amide bonds. The van der Waals surface area contributed by atoms with Crippen LogP contribution in [-0.2, 0) is 24.9 Å². The first-order valence-corrected chi connectivity index (χ1v) is 8.80. The van der Waals surface area contributed by atoms with Gasteiger partial charge in [0.25, 0.3) is 0 Å². The number of halogens is 1. The molecule has 0 radical (unpaired) electrons. The number of aliphatic imine (C=N–C) groups is 1. The van der Waals surface area contributed by atoms with Crippen LogP contribution in [0.4, 0.5) is 0 Å². The summed E-state index contributed by atoms with van der Waals surface area (Å²) < 4.78 is 1.68. The standard InChI is InChI=1S/C18H27N7O.HI/c1-4-19-18(20-11-16-22-14-23-24(16)3)21-12-17(26)25(5-2)13-15-9-7-6-8-10-15;/h6-10,14H,4-5,11-13H2,1-3H3,(H2,19,20,21);1H. The fraction of sp³-hybridized carbons (Fsp3) is 0.444. The summed E-state index contributed by atoms with van der Waals surface area (Å²) in [6, 6.07) is 9.98. The molecule has 1 aromatic heterocycles. The molecule has 2 aromatic rings. The lowest BCUT2D eigenvalue weighted by Gasteiger charge is -2.22. The number of benzene rings is 1. The summed E-state index contributed by atoms with van der Waals surface area (Å²) in [5.41, 5.74) is 1.12. The summed E-state index contributed by atoms with van der Waals surface area (Å²) in [7, 11) is 1.82. The predicted molar refractivity (Wildman–Crippen MR) is 117 cm³/mol. The van der Waals surface area contributed by atoms with Gasteiger partial charge in [0, 0.05) is 26.7 Å². The summed E-state index contributed by atoms with van der Waals surface area (Å²) in [5.74, 6) is 1.37. The monoisotopic (exact) mass is 485 g/mol. The molecule has 0 bridgehead atoms. The van der Waals surface area contributed by atoms with Crippen LogP contribution in [0.1, 0.15) is 25.2 Å². The Morgan fingerprint density at radius 2 is 1.96 bits per heavy atom. The number of aromatic nitrogens is 3. The Labute approximate surface area is 177 Å². The maximum Gasteiger partial charge on any atom is 0.242 e. The molecule has 0 saturated carbocycles. The van der Waals surface area contributed by atoms with Crippen LogP contribution in [0.15, 0.2) is 41.7 Å². The highest BCUT2D eigenvalue weighted by Crippen LogP contribution is 2.04. The summed E-state index contributed by atoms with van der Waals surface area (Å²) in [6.07, 6.45) is 1.50. The average molecular weight is 485 g/mol. The molecule has 0 atom stereocenters. The van der Waals surface area contributed by atoms with Gasteiger partial charge in [0.1, 0.15) is 18.7 Å². The summed E-state index contributed by atoms with van der Waals surface area (Å²) in [4.78, 5) is 22.9. The minimum absolute atomic E-state index is 0. The van der Waals surface area contributed by atoms with Gasteiger partial charge in [0.05, 0.1) is 6.54 Å². The van der Waals surface area contributed by atoms with Crippen molar-refractivity contribution in [3.05, 3.63) is 48.0 Å². The van der Waals surface area contributed by atoms with Crippen molar-refractivity contribution >= 4 is 35.8 Å². The van der Waals surface area contributed by atoms with E-state index in [1.807, 2.05) is 56.1 Å². The molecule has 8 nitrogen and oxygen atoms in total. The Balaban J connectivity index is 0.00000364. The fourth-order valence-electron chi connectivity index (χ4n) is 2.41. The SMILES string of the molecule is CCNC(=NCc1ncnn1C)NCC(=O)N(CC)Cc1ccccc1.I. The number of carbonyl (C=O) groups is 1. The predicted octanol–water partition coefficient (Wildman–Crippen LogP) is 1.54. The largest absolute Gasteiger partial charge is 0.357 e. The molecule has 148 valence electrons. The molecule has 9 heteroatoms. The van der Waals surface area contributed by atoms with Crippen molar-refractivity contribution in [3.8, 4) is 0 Å². The molecular weight excluding hydrogens is 457 g/mol. The lowest BCUT2D eigenvalue weighted by Crippen LogP contribution is -2.44. The third kappa shape index (κ3) is 7.53. The normalized spacial score (nSPS) is 10.9. The van der Waals surface area contributed by atoms with Crippen LogP contribution in [0.3, 0.4) is 0 Å². The molecule has 0 aliphatic heterocycles. The van der Waals surface area contributed by atoms with Gasteiger partial charge >= 0.3 is 0 Å². The van der Waals surface area contributed by atoms with E-state index in [1.54, 1.807) is 4.68 Å². The van der Waals surface area contributed by atoms with Gasteiger partial charge < -0.3 is 15.5 Å². The van der Waals surface area contributed by atoms with Gasteiger partial charge in [0.2, 0.25) is 5.91 Å². The Kier molecular flexibility index (Phi) is 10.4. The molecule has 1 heterocycles. The average Bonchev–Trinajstić information content (AvgIpc) is 3.07. The van der Waals surface area contributed by atoms with E-state index < -0.39 is 0 Å².